The van der Waals surface area contributed by atoms with Crippen molar-refractivity contribution in [2.45, 2.75) is 13.8 Å². The van der Waals surface area contributed by atoms with Crippen LogP contribution in [0.15, 0.2) is 71.4 Å². The highest BCUT2D eigenvalue weighted by atomic mass is 35.5. The highest BCUT2D eigenvalue weighted by Gasteiger charge is 2.17. The fraction of sp³-hybridized carbons (Fsp3) is 0.115. The smallest absolute Gasteiger partial charge is 0.248 e. The molecule has 0 aliphatic heterocycles. The lowest BCUT2D eigenvalue weighted by molar-refractivity contribution is -0.111. The van der Waals surface area contributed by atoms with Gasteiger partial charge < -0.3 is 14.5 Å². The molecule has 4 aromatic rings. The van der Waals surface area contributed by atoms with Crippen LogP contribution in [-0.2, 0) is 4.79 Å². The Morgan fingerprint density at radius 1 is 1.12 bits per heavy atom. The lowest BCUT2D eigenvalue weighted by atomic mass is 9.99. The second-order valence-corrected chi connectivity index (χ2v) is 8.22. The van der Waals surface area contributed by atoms with Gasteiger partial charge >= 0.3 is 0 Å². The number of ether oxygens (including phenoxy) is 1. The van der Waals surface area contributed by atoms with Crippen molar-refractivity contribution in [3.63, 3.8) is 0 Å². The van der Waals surface area contributed by atoms with Gasteiger partial charge in [-0.1, -0.05) is 35.3 Å². The number of benzene rings is 3. The van der Waals surface area contributed by atoms with Crippen LogP contribution in [0.25, 0.3) is 27.7 Å². The molecule has 0 atom stereocenters. The van der Waals surface area contributed by atoms with Crippen LogP contribution in [0.3, 0.4) is 0 Å². The molecule has 0 bridgehead atoms. The topological polar surface area (TPSA) is 51.5 Å². The fourth-order valence-electron chi connectivity index (χ4n) is 3.57. The van der Waals surface area contributed by atoms with Crippen LogP contribution in [0.5, 0.6) is 5.75 Å². The molecular formula is C26H20Cl2FNO3. The van der Waals surface area contributed by atoms with E-state index in [0.717, 1.165) is 22.1 Å². The summed E-state index contributed by atoms with van der Waals surface area (Å²) in [6, 6.07) is 14.7. The molecule has 7 heteroatoms. The Morgan fingerprint density at radius 2 is 1.94 bits per heavy atom. The van der Waals surface area contributed by atoms with Crippen LogP contribution >= 0.6 is 23.2 Å². The molecule has 0 spiro atoms. The Labute approximate surface area is 200 Å². The van der Waals surface area contributed by atoms with E-state index in [4.69, 9.17) is 32.4 Å². The van der Waals surface area contributed by atoms with Crippen molar-refractivity contribution in [1.29, 1.82) is 0 Å². The average Bonchev–Trinajstić information content (AvgIpc) is 3.16. The van der Waals surface area contributed by atoms with Crippen molar-refractivity contribution < 1.29 is 18.3 Å². The number of allylic oxidation sites excluding steroid dienone is 1. The molecule has 0 fully saturated rings. The maximum Gasteiger partial charge on any atom is 0.248 e. The zero-order chi connectivity index (χ0) is 23.5. The Hall–Kier alpha value is -3.28. The number of carbonyl (C=O) groups is 1. The second kappa shape index (κ2) is 9.69. The minimum absolute atomic E-state index is 0.374. The predicted octanol–water partition coefficient (Wildman–Crippen LogP) is 7.99. The molecular weight excluding hydrogens is 464 g/mol. The number of fused-ring (bicyclic) bond motifs is 1. The van der Waals surface area contributed by atoms with Gasteiger partial charge in [0.15, 0.2) is 0 Å². The van der Waals surface area contributed by atoms with Gasteiger partial charge in [0.1, 0.15) is 17.1 Å². The van der Waals surface area contributed by atoms with Gasteiger partial charge in [-0.2, -0.15) is 0 Å². The first-order valence-electron chi connectivity index (χ1n) is 10.2. The predicted molar refractivity (Wildman–Crippen MR) is 132 cm³/mol. The van der Waals surface area contributed by atoms with Gasteiger partial charge in [-0.3, -0.25) is 4.79 Å². The zero-order valence-electron chi connectivity index (χ0n) is 17.9. The van der Waals surface area contributed by atoms with Crippen LogP contribution in [-0.4, -0.2) is 12.5 Å². The first-order valence-corrected chi connectivity index (χ1v) is 11.0. The monoisotopic (exact) mass is 483 g/mol. The molecule has 0 aliphatic rings. The van der Waals surface area contributed by atoms with Gasteiger partial charge in [0, 0.05) is 44.9 Å². The second-order valence-electron chi connectivity index (χ2n) is 7.38. The fourth-order valence-corrected chi connectivity index (χ4v) is 4.08. The third-order valence-electron chi connectivity index (χ3n) is 5.06. The third-order valence-corrected chi connectivity index (χ3v) is 5.61. The van der Waals surface area contributed by atoms with E-state index in [9.17, 15) is 9.18 Å². The first kappa shape index (κ1) is 22.9. The van der Waals surface area contributed by atoms with Gasteiger partial charge in [0.2, 0.25) is 5.91 Å². The summed E-state index contributed by atoms with van der Waals surface area (Å²) in [5, 5.41) is 4.53. The molecule has 0 aliphatic carbocycles. The summed E-state index contributed by atoms with van der Waals surface area (Å²) < 4.78 is 25.0. The maximum absolute atomic E-state index is 13.4. The van der Waals surface area contributed by atoms with E-state index < -0.39 is 5.82 Å². The van der Waals surface area contributed by atoms with Crippen molar-refractivity contribution in [1.82, 2.24) is 0 Å². The van der Waals surface area contributed by atoms with Crippen LogP contribution in [0, 0.1) is 5.82 Å². The van der Waals surface area contributed by atoms with Gasteiger partial charge in [-0.05, 0) is 55.8 Å². The third kappa shape index (κ3) is 5.05. The van der Waals surface area contributed by atoms with Gasteiger partial charge in [0.05, 0.1) is 17.9 Å². The zero-order valence-corrected chi connectivity index (χ0v) is 19.4. The largest absolute Gasteiger partial charge is 0.493 e. The van der Waals surface area contributed by atoms with Crippen molar-refractivity contribution in [3.8, 4) is 16.9 Å². The number of rotatable bonds is 6. The number of carbonyl (C=O) groups excluding carboxylic acids is 1. The molecule has 1 amide bonds. The highest BCUT2D eigenvalue weighted by molar-refractivity contribution is 6.36. The molecule has 1 aromatic heterocycles. The molecule has 0 radical (unpaired) electrons. The molecule has 0 saturated carbocycles. The Balaban J connectivity index is 1.75. The van der Waals surface area contributed by atoms with Crippen LogP contribution < -0.4 is 10.1 Å². The van der Waals surface area contributed by atoms with Crippen molar-refractivity contribution >= 4 is 51.3 Å². The number of hydrogen-bond donors (Lipinski definition) is 1. The summed E-state index contributed by atoms with van der Waals surface area (Å²) in [7, 11) is 0. The standard InChI is InChI=1S/C26H20Cl2FNO3/c1-3-32-24-13-25-21(22(14-33-25)19-8-7-16(27)10-23(19)28)12-20(24)15(2)9-26(31)30-18-6-4-5-17(29)11-18/h4-14H,3H2,1-2H3,(H,30,31)/b15-9+. The molecule has 33 heavy (non-hydrogen) atoms. The quantitative estimate of drug-likeness (QED) is 0.282. The Bertz CT molecular complexity index is 1380. The molecule has 1 heterocycles. The summed E-state index contributed by atoms with van der Waals surface area (Å²) in [6.07, 6.45) is 3.08. The maximum atomic E-state index is 13.4. The van der Waals surface area contributed by atoms with E-state index in [1.54, 1.807) is 30.5 Å². The summed E-state index contributed by atoms with van der Waals surface area (Å²) in [5.41, 5.74) is 3.97. The molecule has 3 aromatic carbocycles. The normalized spacial score (nSPS) is 11.6. The van der Waals surface area contributed by atoms with E-state index in [0.29, 0.717) is 39.2 Å². The molecule has 4 nitrogen and oxygen atoms in total. The minimum atomic E-state index is -0.425. The lowest BCUT2D eigenvalue weighted by Crippen LogP contribution is -2.09. The van der Waals surface area contributed by atoms with E-state index in [1.807, 2.05) is 26.0 Å². The van der Waals surface area contributed by atoms with Crippen molar-refractivity contribution in [2.24, 2.45) is 0 Å². The summed E-state index contributed by atoms with van der Waals surface area (Å²) in [4.78, 5) is 12.6. The lowest BCUT2D eigenvalue weighted by Gasteiger charge is -2.12. The van der Waals surface area contributed by atoms with Gasteiger partial charge in [-0.25, -0.2) is 4.39 Å². The van der Waals surface area contributed by atoms with Crippen molar-refractivity contribution in [3.05, 3.63) is 88.4 Å². The van der Waals surface area contributed by atoms with E-state index >= 15 is 0 Å². The van der Waals surface area contributed by atoms with E-state index in [-0.39, 0.29) is 5.91 Å². The Morgan fingerprint density at radius 3 is 2.67 bits per heavy atom. The molecule has 0 saturated heterocycles. The van der Waals surface area contributed by atoms with Crippen LogP contribution in [0.2, 0.25) is 10.0 Å². The number of hydrogen-bond acceptors (Lipinski definition) is 3. The highest BCUT2D eigenvalue weighted by Crippen LogP contribution is 2.40. The molecule has 1 N–H and O–H groups in total. The van der Waals surface area contributed by atoms with Gasteiger partial charge in [-0.15, -0.1) is 0 Å². The molecule has 0 unspecified atom stereocenters. The number of anilines is 1. The molecule has 4 rings (SSSR count). The summed E-state index contributed by atoms with van der Waals surface area (Å²) in [5.74, 6) is -0.222. The van der Waals surface area contributed by atoms with Gasteiger partial charge in [0.25, 0.3) is 0 Å². The molecule has 168 valence electrons. The van der Waals surface area contributed by atoms with Crippen LogP contribution in [0.1, 0.15) is 19.4 Å². The van der Waals surface area contributed by atoms with Crippen molar-refractivity contribution in [2.75, 3.05) is 11.9 Å². The summed E-state index contributed by atoms with van der Waals surface area (Å²) >= 11 is 12.5. The summed E-state index contributed by atoms with van der Waals surface area (Å²) in [6.45, 7) is 4.13. The number of amides is 1. The SMILES string of the molecule is CCOc1cc2occ(-c3ccc(Cl)cc3Cl)c2cc1/C(C)=C/C(=O)Nc1cccc(F)c1. The minimum Gasteiger partial charge on any atom is -0.493 e. The van der Waals surface area contributed by atoms with E-state index in [2.05, 4.69) is 5.32 Å². The van der Waals surface area contributed by atoms with Crippen LogP contribution in [0.4, 0.5) is 10.1 Å². The number of furan rings is 1. The number of halogens is 3. The first-order chi connectivity index (χ1) is 15.9. The number of nitrogens with one attached hydrogen (secondary N) is 1. The van der Waals surface area contributed by atoms with E-state index in [1.165, 1.54) is 24.3 Å². The Kier molecular flexibility index (Phi) is 6.72. The average molecular weight is 484 g/mol.